The topological polar surface area (TPSA) is 59.8 Å². The van der Waals surface area contributed by atoms with Gasteiger partial charge in [-0.3, -0.25) is 4.79 Å². The molecule has 0 unspecified atom stereocenters. The molecule has 3 rings (SSSR count). The lowest BCUT2D eigenvalue weighted by Crippen LogP contribution is -2.26. The molecule has 3 aromatic rings. The summed E-state index contributed by atoms with van der Waals surface area (Å²) in [6.07, 6.45) is 3.09. The second kappa shape index (κ2) is 6.75. The Morgan fingerprint density at radius 3 is 2.57 bits per heavy atom. The van der Waals surface area contributed by atoms with Crippen LogP contribution in [0.2, 0.25) is 0 Å². The van der Waals surface area contributed by atoms with Gasteiger partial charge < -0.3 is 5.32 Å². The number of benzene rings is 2. The molecule has 1 heterocycles. The van der Waals surface area contributed by atoms with Gasteiger partial charge in [0.05, 0.1) is 11.7 Å². The summed E-state index contributed by atoms with van der Waals surface area (Å²) in [6, 6.07) is 15.0. The zero-order chi connectivity index (χ0) is 16.2. The zero-order valence-electron chi connectivity index (χ0n) is 12.5. The number of halogens is 1. The Labute approximate surface area is 142 Å². The molecule has 1 atom stereocenters. The number of hydrogen-bond acceptors (Lipinski definition) is 3. The second-order valence-electron chi connectivity index (χ2n) is 5.10. The molecule has 0 saturated heterocycles. The summed E-state index contributed by atoms with van der Waals surface area (Å²) in [5, 5.41) is 7.06. The first-order valence-corrected chi connectivity index (χ1v) is 7.95. The highest BCUT2D eigenvalue weighted by Crippen LogP contribution is 2.23. The van der Waals surface area contributed by atoms with Gasteiger partial charge in [-0.05, 0) is 42.8 Å². The van der Waals surface area contributed by atoms with E-state index in [1.54, 1.807) is 23.1 Å². The van der Waals surface area contributed by atoms with Crippen LogP contribution in [-0.2, 0) is 0 Å². The number of nitrogens with zero attached hydrogens (tertiary/aromatic N) is 3. The third-order valence-electron chi connectivity index (χ3n) is 3.53. The quantitative estimate of drug-likeness (QED) is 0.764. The summed E-state index contributed by atoms with van der Waals surface area (Å²) in [5.41, 5.74) is 2.51. The zero-order valence-corrected chi connectivity index (χ0v) is 14.1. The van der Waals surface area contributed by atoms with E-state index >= 15 is 0 Å². The molecule has 0 aliphatic carbocycles. The van der Waals surface area contributed by atoms with Crippen molar-refractivity contribution in [1.82, 2.24) is 20.1 Å². The van der Waals surface area contributed by atoms with Crippen LogP contribution in [0, 0.1) is 0 Å². The van der Waals surface area contributed by atoms with Gasteiger partial charge >= 0.3 is 0 Å². The van der Waals surface area contributed by atoms with Crippen molar-refractivity contribution in [3.05, 3.63) is 76.8 Å². The van der Waals surface area contributed by atoms with Crippen molar-refractivity contribution in [1.29, 1.82) is 0 Å². The number of carbonyl (C=O) groups is 1. The predicted octanol–water partition coefficient (Wildman–Crippen LogP) is 3.52. The fourth-order valence-corrected chi connectivity index (χ4v) is 2.92. The monoisotopic (exact) mass is 370 g/mol. The molecular formula is C17H15BrN4O. The summed E-state index contributed by atoms with van der Waals surface area (Å²) in [7, 11) is 0. The molecule has 0 saturated carbocycles. The molecule has 5 nitrogen and oxygen atoms in total. The van der Waals surface area contributed by atoms with Crippen LogP contribution in [0.5, 0.6) is 0 Å². The first kappa shape index (κ1) is 15.4. The van der Waals surface area contributed by atoms with Gasteiger partial charge in [-0.25, -0.2) is 9.67 Å². The molecule has 0 bridgehead atoms. The third-order valence-corrected chi connectivity index (χ3v) is 4.25. The van der Waals surface area contributed by atoms with E-state index in [0.717, 1.165) is 15.7 Å². The fraction of sp³-hybridized carbons (Fsp3) is 0.118. The Balaban J connectivity index is 1.72. The molecule has 0 radical (unpaired) electrons. The van der Waals surface area contributed by atoms with Crippen molar-refractivity contribution in [3.8, 4) is 5.69 Å². The molecule has 0 spiro atoms. The maximum Gasteiger partial charge on any atom is 0.251 e. The molecule has 1 amide bonds. The molecule has 2 aromatic carbocycles. The van der Waals surface area contributed by atoms with Crippen molar-refractivity contribution >= 4 is 21.8 Å². The minimum Gasteiger partial charge on any atom is -0.345 e. The van der Waals surface area contributed by atoms with Crippen molar-refractivity contribution in [3.63, 3.8) is 0 Å². The van der Waals surface area contributed by atoms with Gasteiger partial charge in [0.15, 0.2) is 0 Å². The fourth-order valence-electron chi connectivity index (χ4n) is 2.29. The molecule has 1 aromatic heterocycles. The van der Waals surface area contributed by atoms with Crippen molar-refractivity contribution in [2.75, 3.05) is 0 Å². The van der Waals surface area contributed by atoms with E-state index in [4.69, 9.17) is 0 Å². The minimum absolute atomic E-state index is 0.0898. The van der Waals surface area contributed by atoms with Gasteiger partial charge in [0.25, 0.3) is 5.91 Å². The van der Waals surface area contributed by atoms with E-state index < -0.39 is 0 Å². The molecule has 0 aliphatic rings. The normalized spacial score (nSPS) is 11.9. The highest BCUT2D eigenvalue weighted by atomic mass is 79.9. The van der Waals surface area contributed by atoms with Gasteiger partial charge in [0.1, 0.15) is 12.7 Å². The van der Waals surface area contributed by atoms with Gasteiger partial charge in [-0.1, -0.05) is 34.1 Å². The number of rotatable bonds is 4. The standard InChI is InChI=1S/C17H15BrN4O/c1-12(15-4-2-3-5-16(15)18)21-17(23)13-6-8-14(9-7-13)22-11-19-10-20-22/h2-12H,1H3,(H,21,23)/t12-/m0/s1. The summed E-state index contributed by atoms with van der Waals surface area (Å²) in [6.45, 7) is 1.96. The molecule has 116 valence electrons. The highest BCUT2D eigenvalue weighted by molar-refractivity contribution is 9.10. The average Bonchev–Trinajstić information content (AvgIpc) is 3.09. The van der Waals surface area contributed by atoms with Crippen LogP contribution in [0.4, 0.5) is 0 Å². The number of aromatic nitrogens is 3. The largest absolute Gasteiger partial charge is 0.345 e. The lowest BCUT2D eigenvalue weighted by atomic mass is 10.1. The summed E-state index contributed by atoms with van der Waals surface area (Å²) >= 11 is 3.51. The molecular weight excluding hydrogens is 356 g/mol. The summed E-state index contributed by atoms with van der Waals surface area (Å²) in [5.74, 6) is -0.113. The summed E-state index contributed by atoms with van der Waals surface area (Å²) < 4.78 is 2.63. The Kier molecular flexibility index (Phi) is 4.52. The van der Waals surface area contributed by atoms with Gasteiger partial charge in [0.2, 0.25) is 0 Å². The van der Waals surface area contributed by atoms with Gasteiger partial charge in [-0.2, -0.15) is 5.10 Å². The van der Waals surface area contributed by atoms with Crippen LogP contribution < -0.4 is 5.32 Å². The maximum absolute atomic E-state index is 12.4. The van der Waals surface area contributed by atoms with E-state index in [1.165, 1.54) is 6.33 Å². The Morgan fingerprint density at radius 1 is 1.17 bits per heavy atom. The SMILES string of the molecule is C[C@H](NC(=O)c1ccc(-n2cncn2)cc1)c1ccccc1Br. The number of nitrogens with one attached hydrogen (secondary N) is 1. The second-order valence-corrected chi connectivity index (χ2v) is 5.96. The van der Waals surface area contributed by atoms with Crippen LogP contribution in [0.3, 0.4) is 0 Å². The minimum atomic E-state index is -0.113. The summed E-state index contributed by atoms with van der Waals surface area (Å²) in [4.78, 5) is 16.3. The predicted molar refractivity (Wildman–Crippen MR) is 91.4 cm³/mol. The molecule has 6 heteroatoms. The number of carbonyl (C=O) groups excluding carboxylic acids is 1. The van der Waals surface area contributed by atoms with E-state index in [0.29, 0.717) is 5.56 Å². The lowest BCUT2D eigenvalue weighted by Gasteiger charge is -2.16. The third kappa shape index (κ3) is 3.48. The van der Waals surface area contributed by atoms with E-state index in [1.807, 2.05) is 43.3 Å². The number of hydrogen-bond donors (Lipinski definition) is 1. The van der Waals surface area contributed by atoms with Crippen LogP contribution in [0.25, 0.3) is 5.69 Å². The van der Waals surface area contributed by atoms with Crippen LogP contribution in [0.1, 0.15) is 28.9 Å². The molecule has 1 N–H and O–H groups in total. The van der Waals surface area contributed by atoms with Crippen LogP contribution in [0.15, 0.2) is 65.7 Å². The molecule has 0 fully saturated rings. The van der Waals surface area contributed by atoms with E-state index in [2.05, 4.69) is 31.3 Å². The van der Waals surface area contributed by atoms with Crippen LogP contribution >= 0.6 is 15.9 Å². The van der Waals surface area contributed by atoms with Gasteiger partial charge in [-0.15, -0.1) is 0 Å². The first-order valence-electron chi connectivity index (χ1n) is 7.15. The molecule has 0 aliphatic heterocycles. The smallest absolute Gasteiger partial charge is 0.251 e. The maximum atomic E-state index is 12.4. The van der Waals surface area contributed by atoms with Gasteiger partial charge in [0, 0.05) is 10.0 Å². The Hall–Kier alpha value is -2.47. The Morgan fingerprint density at radius 2 is 1.91 bits per heavy atom. The lowest BCUT2D eigenvalue weighted by molar-refractivity contribution is 0.0940. The van der Waals surface area contributed by atoms with Crippen LogP contribution in [-0.4, -0.2) is 20.7 Å². The Bertz CT molecular complexity index is 800. The first-order chi connectivity index (χ1) is 11.1. The highest BCUT2D eigenvalue weighted by Gasteiger charge is 2.13. The van der Waals surface area contributed by atoms with Crippen molar-refractivity contribution < 1.29 is 4.79 Å². The van der Waals surface area contributed by atoms with Crippen molar-refractivity contribution in [2.45, 2.75) is 13.0 Å². The number of amides is 1. The average molecular weight is 371 g/mol. The van der Waals surface area contributed by atoms with Crippen molar-refractivity contribution in [2.24, 2.45) is 0 Å². The molecule has 23 heavy (non-hydrogen) atoms. The van der Waals surface area contributed by atoms with E-state index in [-0.39, 0.29) is 11.9 Å². The van der Waals surface area contributed by atoms with E-state index in [9.17, 15) is 4.79 Å².